The highest BCUT2D eigenvalue weighted by Gasteiger charge is 2.18. The molecule has 0 saturated heterocycles. The quantitative estimate of drug-likeness (QED) is 0.591. The molecule has 3 rings (SSSR count). The molecule has 23 heavy (non-hydrogen) atoms. The zero-order chi connectivity index (χ0) is 15.7. The predicted molar refractivity (Wildman–Crippen MR) is 98.4 cm³/mol. The molecule has 0 bridgehead atoms. The van der Waals surface area contributed by atoms with E-state index in [9.17, 15) is 0 Å². The average Bonchev–Trinajstić information content (AvgIpc) is 2.85. The molecule has 0 unspecified atom stereocenters. The third-order valence-corrected chi connectivity index (χ3v) is 5.08. The summed E-state index contributed by atoms with van der Waals surface area (Å²) in [4.78, 5) is 5.05. The Labute approximate surface area is 141 Å². The maximum absolute atomic E-state index is 5.05. The zero-order valence-corrected chi connectivity index (χ0v) is 14.3. The molecule has 2 fully saturated rings. The topological polar surface area (TPSA) is 36.4 Å². The summed E-state index contributed by atoms with van der Waals surface area (Å²) in [5.74, 6) is 0.995. The smallest absolute Gasteiger partial charge is 0.196 e. The minimum atomic E-state index is 0.494. The van der Waals surface area contributed by atoms with Gasteiger partial charge in [-0.25, -0.2) is 4.99 Å². The normalized spacial score (nSPS) is 24.2. The Morgan fingerprint density at radius 3 is 2.43 bits per heavy atom. The first-order chi connectivity index (χ1) is 11.4. The fourth-order valence-corrected chi connectivity index (χ4v) is 3.74. The molecule has 0 aromatic heterocycles. The van der Waals surface area contributed by atoms with E-state index < -0.39 is 0 Å². The summed E-state index contributed by atoms with van der Waals surface area (Å²) < 4.78 is 0. The largest absolute Gasteiger partial charge is 0.353 e. The van der Waals surface area contributed by atoms with Crippen LogP contribution in [0.4, 0.5) is 0 Å². The summed E-state index contributed by atoms with van der Waals surface area (Å²) in [6.45, 7) is 0. The van der Waals surface area contributed by atoms with E-state index in [0.717, 1.165) is 18.1 Å². The molecule has 0 aromatic carbocycles. The van der Waals surface area contributed by atoms with Crippen molar-refractivity contribution in [2.75, 3.05) is 0 Å². The molecule has 0 heterocycles. The summed E-state index contributed by atoms with van der Waals surface area (Å²) in [7, 11) is 0. The van der Waals surface area contributed by atoms with E-state index in [1.807, 2.05) is 0 Å². The van der Waals surface area contributed by atoms with Gasteiger partial charge in [0.1, 0.15) is 0 Å². The maximum atomic E-state index is 5.05. The molecule has 0 atom stereocenters. The van der Waals surface area contributed by atoms with Crippen LogP contribution in [-0.4, -0.2) is 18.0 Å². The fourth-order valence-electron chi connectivity index (χ4n) is 3.74. The van der Waals surface area contributed by atoms with Crippen molar-refractivity contribution in [3.63, 3.8) is 0 Å². The van der Waals surface area contributed by atoms with Gasteiger partial charge in [0.25, 0.3) is 0 Å². The van der Waals surface area contributed by atoms with Crippen LogP contribution in [0.15, 0.2) is 41.1 Å². The van der Waals surface area contributed by atoms with Crippen LogP contribution in [0, 0.1) is 0 Å². The first-order valence-electron chi connectivity index (χ1n) is 9.55. The van der Waals surface area contributed by atoms with E-state index in [1.165, 1.54) is 64.2 Å². The van der Waals surface area contributed by atoms with Crippen LogP contribution in [0.1, 0.15) is 70.6 Å². The number of hydrogen-bond acceptors (Lipinski definition) is 1. The maximum Gasteiger partial charge on any atom is 0.196 e. The molecular formula is C20H31N3. The van der Waals surface area contributed by atoms with E-state index in [-0.39, 0.29) is 0 Å². The first kappa shape index (κ1) is 16.4. The van der Waals surface area contributed by atoms with E-state index in [0.29, 0.717) is 12.1 Å². The molecule has 3 heteroatoms. The highest BCUT2D eigenvalue weighted by molar-refractivity contribution is 5.82. The van der Waals surface area contributed by atoms with Gasteiger partial charge in [0.2, 0.25) is 0 Å². The van der Waals surface area contributed by atoms with E-state index >= 15 is 0 Å². The summed E-state index contributed by atoms with van der Waals surface area (Å²) in [5, 5.41) is 7.26. The lowest BCUT2D eigenvalue weighted by Crippen LogP contribution is -2.44. The number of aliphatic imine (C=N–C) groups is 1. The van der Waals surface area contributed by atoms with Gasteiger partial charge < -0.3 is 10.6 Å². The summed E-state index contributed by atoms with van der Waals surface area (Å²) in [6.07, 6.45) is 25.0. The lowest BCUT2D eigenvalue weighted by atomic mass is 9.95. The highest BCUT2D eigenvalue weighted by atomic mass is 15.2. The molecule has 3 aliphatic carbocycles. The standard InChI is InChI=1S/C20H31N3/c1-2-6-12-17(11-5-1)21-20(22-18-13-7-3-8-14-18)23-19-15-9-4-10-16-19/h1,5-6,11-12,18-19H,2-4,7-10,13-16H2,(H2,21,22,23). The van der Waals surface area contributed by atoms with Crippen molar-refractivity contribution in [1.29, 1.82) is 0 Å². The second kappa shape index (κ2) is 8.95. The minimum Gasteiger partial charge on any atom is -0.353 e. The molecule has 0 aliphatic heterocycles. The van der Waals surface area contributed by atoms with Gasteiger partial charge in [0.15, 0.2) is 5.96 Å². The summed E-state index contributed by atoms with van der Waals surface area (Å²) in [6, 6.07) is 1.08. The minimum absolute atomic E-state index is 0.494. The average molecular weight is 313 g/mol. The van der Waals surface area contributed by atoms with Crippen molar-refractivity contribution in [2.45, 2.75) is 82.7 Å². The number of guanidine groups is 1. The molecule has 0 amide bonds. The third kappa shape index (κ3) is 5.56. The highest BCUT2D eigenvalue weighted by Crippen LogP contribution is 2.21. The van der Waals surface area contributed by atoms with E-state index in [1.54, 1.807) is 0 Å². The summed E-state index contributed by atoms with van der Waals surface area (Å²) in [5.41, 5.74) is 1.14. The molecule has 0 aromatic rings. The Morgan fingerprint density at radius 2 is 1.65 bits per heavy atom. The molecule has 2 N–H and O–H groups in total. The van der Waals surface area contributed by atoms with Crippen LogP contribution < -0.4 is 10.6 Å². The SMILES string of the molecule is C1=CCC=CC(NC(=NC2CCCCC2)NC2CCCCC2)=C1. The number of hydrogen-bond donors (Lipinski definition) is 2. The van der Waals surface area contributed by atoms with Gasteiger partial charge in [-0.3, -0.25) is 0 Å². The van der Waals surface area contributed by atoms with Crippen LogP contribution in [0.2, 0.25) is 0 Å². The van der Waals surface area contributed by atoms with Crippen molar-refractivity contribution in [2.24, 2.45) is 4.99 Å². The van der Waals surface area contributed by atoms with Crippen molar-refractivity contribution in [3.8, 4) is 0 Å². The Kier molecular flexibility index (Phi) is 6.36. The Morgan fingerprint density at radius 1 is 0.913 bits per heavy atom. The number of nitrogens with zero attached hydrogens (tertiary/aromatic N) is 1. The van der Waals surface area contributed by atoms with Gasteiger partial charge in [-0.05, 0) is 44.3 Å². The lowest BCUT2D eigenvalue weighted by molar-refractivity contribution is 0.406. The third-order valence-electron chi connectivity index (χ3n) is 5.08. The van der Waals surface area contributed by atoms with Crippen LogP contribution in [0.25, 0.3) is 0 Å². The van der Waals surface area contributed by atoms with Crippen molar-refractivity contribution in [1.82, 2.24) is 10.6 Å². The molecule has 2 saturated carbocycles. The molecule has 126 valence electrons. The number of nitrogens with one attached hydrogen (secondary N) is 2. The molecule has 3 aliphatic rings. The van der Waals surface area contributed by atoms with Gasteiger partial charge in [-0.15, -0.1) is 0 Å². The van der Waals surface area contributed by atoms with Crippen LogP contribution in [0.3, 0.4) is 0 Å². The number of allylic oxidation sites excluding steroid dienone is 5. The van der Waals surface area contributed by atoms with E-state index in [4.69, 9.17) is 4.99 Å². The second-order valence-electron chi connectivity index (χ2n) is 7.06. The van der Waals surface area contributed by atoms with Gasteiger partial charge in [0.05, 0.1) is 6.04 Å². The van der Waals surface area contributed by atoms with E-state index in [2.05, 4.69) is 41.0 Å². The fraction of sp³-hybridized carbons (Fsp3) is 0.650. The Balaban J connectivity index is 1.67. The first-order valence-corrected chi connectivity index (χ1v) is 9.55. The molecule has 0 radical (unpaired) electrons. The van der Waals surface area contributed by atoms with Gasteiger partial charge in [-0.1, -0.05) is 56.8 Å². The Bertz CT molecular complexity index is 475. The van der Waals surface area contributed by atoms with Gasteiger partial charge in [-0.2, -0.15) is 0 Å². The van der Waals surface area contributed by atoms with Gasteiger partial charge >= 0.3 is 0 Å². The second-order valence-corrected chi connectivity index (χ2v) is 7.06. The zero-order valence-electron chi connectivity index (χ0n) is 14.3. The predicted octanol–water partition coefficient (Wildman–Crippen LogP) is 4.59. The molecule has 3 nitrogen and oxygen atoms in total. The number of rotatable bonds is 3. The van der Waals surface area contributed by atoms with Crippen LogP contribution in [-0.2, 0) is 0 Å². The summed E-state index contributed by atoms with van der Waals surface area (Å²) >= 11 is 0. The van der Waals surface area contributed by atoms with Crippen LogP contribution in [0.5, 0.6) is 0 Å². The molecule has 0 spiro atoms. The van der Waals surface area contributed by atoms with Crippen molar-refractivity contribution < 1.29 is 0 Å². The van der Waals surface area contributed by atoms with Crippen molar-refractivity contribution in [3.05, 3.63) is 36.1 Å². The monoisotopic (exact) mass is 313 g/mol. The molecular weight excluding hydrogens is 282 g/mol. The lowest BCUT2D eigenvalue weighted by Gasteiger charge is -2.27. The van der Waals surface area contributed by atoms with Crippen molar-refractivity contribution >= 4 is 5.96 Å². The van der Waals surface area contributed by atoms with Gasteiger partial charge in [0, 0.05) is 11.7 Å². The Hall–Kier alpha value is -1.51. The van der Waals surface area contributed by atoms with Crippen LogP contribution >= 0.6 is 0 Å².